The molecule has 0 radical (unpaired) electrons. The van der Waals surface area contributed by atoms with E-state index in [1.807, 2.05) is 11.3 Å². The Balaban J connectivity index is 2.02. The van der Waals surface area contributed by atoms with Crippen LogP contribution in [0.3, 0.4) is 0 Å². The van der Waals surface area contributed by atoms with Crippen LogP contribution in [0, 0.1) is 0 Å². The van der Waals surface area contributed by atoms with E-state index < -0.39 is 0 Å². The molecule has 1 aliphatic heterocycles. The maximum atomic E-state index is 5.80. The van der Waals surface area contributed by atoms with E-state index in [9.17, 15) is 0 Å². The van der Waals surface area contributed by atoms with Gasteiger partial charge in [0, 0.05) is 42.8 Å². The van der Waals surface area contributed by atoms with Crippen molar-refractivity contribution in [3.63, 3.8) is 0 Å². The van der Waals surface area contributed by atoms with Crippen molar-refractivity contribution >= 4 is 50.8 Å². The molecule has 1 aromatic rings. The second-order valence-electron chi connectivity index (χ2n) is 4.36. The van der Waals surface area contributed by atoms with Gasteiger partial charge < -0.3 is 0 Å². The highest BCUT2D eigenvalue weighted by Crippen LogP contribution is 2.36. The van der Waals surface area contributed by atoms with Crippen LogP contribution in [-0.4, -0.2) is 28.0 Å². The Bertz CT molecular complexity index is 372. The number of thiophene rings is 1. The third-order valence-corrected chi connectivity index (χ3v) is 8.27. The van der Waals surface area contributed by atoms with E-state index in [0.717, 1.165) is 11.7 Å². The summed E-state index contributed by atoms with van der Waals surface area (Å²) in [6, 6.07) is 2.58. The second kappa shape index (κ2) is 7.55. The zero-order valence-electron chi connectivity index (χ0n) is 10.4. The quantitative estimate of drug-likeness (QED) is 0.617. The molecule has 1 fully saturated rings. The van der Waals surface area contributed by atoms with E-state index in [0.29, 0.717) is 11.3 Å². The van der Waals surface area contributed by atoms with Crippen molar-refractivity contribution in [1.82, 2.24) is 5.43 Å². The fraction of sp³-hybridized carbons (Fsp3) is 0.667. The molecule has 1 aliphatic rings. The van der Waals surface area contributed by atoms with E-state index >= 15 is 0 Å². The molecule has 0 aromatic carbocycles. The molecule has 1 saturated heterocycles. The Morgan fingerprint density at radius 1 is 1.50 bits per heavy atom. The number of nitrogens with one attached hydrogen (secondary N) is 1. The summed E-state index contributed by atoms with van der Waals surface area (Å²) in [5.74, 6) is 8.32. The van der Waals surface area contributed by atoms with E-state index in [4.69, 9.17) is 5.84 Å². The first kappa shape index (κ1) is 15.2. The predicted molar refractivity (Wildman–Crippen MR) is 89.6 cm³/mol. The lowest BCUT2D eigenvalue weighted by Crippen LogP contribution is -2.49. The van der Waals surface area contributed by atoms with Crippen molar-refractivity contribution in [2.75, 3.05) is 11.5 Å². The third-order valence-electron chi connectivity index (χ3n) is 3.15. The molecule has 3 N–H and O–H groups in total. The molecule has 18 heavy (non-hydrogen) atoms. The van der Waals surface area contributed by atoms with Gasteiger partial charge in [-0.15, -0.1) is 11.3 Å². The van der Waals surface area contributed by atoms with Gasteiger partial charge in [-0.25, -0.2) is 0 Å². The predicted octanol–water partition coefficient (Wildman–Crippen LogP) is 3.51. The van der Waals surface area contributed by atoms with Crippen LogP contribution < -0.4 is 11.3 Å². The number of hydrazine groups is 1. The summed E-state index contributed by atoms with van der Waals surface area (Å²) in [6.07, 6.45) is 2.26. The van der Waals surface area contributed by atoms with Crippen molar-refractivity contribution in [3.8, 4) is 0 Å². The summed E-state index contributed by atoms with van der Waals surface area (Å²) >= 11 is 9.52. The van der Waals surface area contributed by atoms with E-state index in [1.165, 1.54) is 27.3 Å². The minimum absolute atomic E-state index is 0.373. The average Bonchev–Trinajstić information content (AvgIpc) is 2.81. The highest BCUT2D eigenvalue weighted by molar-refractivity contribution is 9.10. The molecule has 0 bridgehead atoms. The Morgan fingerprint density at radius 2 is 2.28 bits per heavy atom. The molecule has 3 unspecified atom stereocenters. The van der Waals surface area contributed by atoms with Crippen LogP contribution >= 0.6 is 50.8 Å². The van der Waals surface area contributed by atoms with E-state index in [1.54, 1.807) is 0 Å². The Labute approximate surface area is 130 Å². The van der Waals surface area contributed by atoms with Crippen LogP contribution in [0.15, 0.2) is 15.9 Å². The standard InChI is InChI=1S/C12H19BrN2S3/c1-2-11-12(17-4-3-16-11)10(15-14)6-9-5-8(13)7-18-9/h5,7,10-12,15H,2-4,6,14H2,1H3. The number of rotatable bonds is 5. The summed E-state index contributed by atoms with van der Waals surface area (Å²) in [5, 5.41) is 3.50. The first-order valence-electron chi connectivity index (χ1n) is 6.16. The Kier molecular flexibility index (Phi) is 6.37. The van der Waals surface area contributed by atoms with Gasteiger partial charge in [0.1, 0.15) is 0 Å². The molecule has 0 saturated carbocycles. The molecule has 2 nitrogen and oxygen atoms in total. The lowest BCUT2D eigenvalue weighted by atomic mass is 10.1. The topological polar surface area (TPSA) is 38.0 Å². The van der Waals surface area contributed by atoms with Gasteiger partial charge in [0.25, 0.3) is 0 Å². The van der Waals surface area contributed by atoms with Gasteiger partial charge in [-0.2, -0.15) is 23.5 Å². The van der Waals surface area contributed by atoms with Crippen molar-refractivity contribution in [2.24, 2.45) is 5.84 Å². The smallest absolute Gasteiger partial charge is 0.0388 e. The summed E-state index contributed by atoms with van der Waals surface area (Å²) in [6.45, 7) is 2.28. The second-order valence-corrected chi connectivity index (χ2v) is 8.91. The summed E-state index contributed by atoms with van der Waals surface area (Å²) in [5.41, 5.74) is 3.05. The SMILES string of the molecule is CCC1SCCSC1C(Cc1cc(Br)cs1)NN. The molecule has 2 heterocycles. The number of halogens is 1. The molecule has 0 amide bonds. The number of nitrogens with two attached hydrogens (primary N) is 1. The lowest BCUT2D eigenvalue weighted by Gasteiger charge is -2.35. The van der Waals surface area contributed by atoms with E-state index in [2.05, 4.69) is 63.2 Å². The number of thioether (sulfide) groups is 2. The molecule has 6 heteroatoms. The van der Waals surface area contributed by atoms with Crippen LogP contribution in [0.1, 0.15) is 18.2 Å². The van der Waals surface area contributed by atoms with Crippen LogP contribution in [0.25, 0.3) is 0 Å². The molecule has 0 spiro atoms. The molecular weight excluding hydrogens is 348 g/mol. The van der Waals surface area contributed by atoms with Gasteiger partial charge in [0.15, 0.2) is 0 Å². The maximum absolute atomic E-state index is 5.80. The summed E-state index contributed by atoms with van der Waals surface area (Å²) in [4.78, 5) is 1.40. The van der Waals surface area contributed by atoms with Gasteiger partial charge >= 0.3 is 0 Å². The largest absolute Gasteiger partial charge is 0.271 e. The highest BCUT2D eigenvalue weighted by Gasteiger charge is 2.31. The van der Waals surface area contributed by atoms with Gasteiger partial charge in [-0.1, -0.05) is 6.92 Å². The third kappa shape index (κ3) is 3.90. The van der Waals surface area contributed by atoms with Gasteiger partial charge in [-0.3, -0.25) is 11.3 Å². The Hall–Kier alpha value is 0.800. The molecule has 1 aromatic heterocycles. The van der Waals surface area contributed by atoms with Crippen LogP contribution in [0.4, 0.5) is 0 Å². The van der Waals surface area contributed by atoms with Gasteiger partial charge in [0.05, 0.1) is 0 Å². The molecule has 0 aliphatic carbocycles. The average molecular weight is 367 g/mol. The Morgan fingerprint density at radius 3 is 2.89 bits per heavy atom. The molecule has 2 rings (SSSR count). The van der Waals surface area contributed by atoms with Gasteiger partial charge in [-0.05, 0) is 34.8 Å². The molecule has 102 valence electrons. The minimum Gasteiger partial charge on any atom is -0.271 e. The monoisotopic (exact) mass is 366 g/mol. The highest BCUT2D eigenvalue weighted by atomic mass is 79.9. The first-order valence-corrected chi connectivity index (χ1v) is 9.93. The van der Waals surface area contributed by atoms with Crippen LogP contribution in [0.5, 0.6) is 0 Å². The van der Waals surface area contributed by atoms with Crippen molar-refractivity contribution < 1.29 is 0 Å². The summed E-state index contributed by atoms with van der Waals surface area (Å²) < 4.78 is 1.18. The van der Waals surface area contributed by atoms with Crippen molar-refractivity contribution in [3.05, 3.63) is 20.8 Å². The van der Waals surface area contributed by atoms with Crippen molar-refractivity contribution in [1.29, 1.82) is 0 Å². The summed E-state index contributed by atoms with van der Waals surface area (Å²) in [7, 11) is 0. The molecular formula is C12H19BrN2S3. The minimum atomic E-state index is 0.373. The van der Waals surface area contributed by atoms with Crippen LogP contribution in [0.2, 0.25) is 0 Å². The molecule has 3 atom stereocenters. The number of hydrogen-bond acceptors (Lipinski definition) is 5. The number of hydrogen-bond donors (Lipinski definition) is 2. The van der Waals surface area contributed by atoms with E-state index in [-0.39, 0.29) is 0 Å². The lowest BCUT2D eigenvalue weighted by molar-refractivity contribution is 0.493. The maximum Gasteiger partial charge on any atom is 0.0388 e. The normalized spacial score (nSPS) is 26.2. The fourth-order valence-electron chi connectivity index (χ4n) is 2.26. The van der Waals surface area contributed by atoms with Crippen LogP contribution in [-0.2, 0) is 6.42 Å². The van der Waals surface area contributed by atoms with Gasteiger partial charge in [0.2, 0.25) is 0 Å². The zero-order chi connectivity index (χ0) is 13.0. The first-order chi connectivity index (χ1) is 8.74. The van der Waals surface area contributed by atoms with Crippen molar-refractivity contribution in [2.45, 2.75) is 36.3 Å². The zero-order valence-corrected chi connectivity index (χ0v) is 14.4. The fourth-order valence-corrected chi connectivity index (χ4v) is 7.02.